The normalized spacial score (nSPS) is 23.3. The molecule has 3 N–H and O–H groups in total. The quantitative estimate of drug-likeness (QED) is 0.881. The lowest BCUT2D eigenvalue weighted by Crippen LogP contribution is -2.41. The fraction of sp³-hybridized carbons (Fsp3) is 0.500. The summed E-state index contributed by atoms with van der Waals surface area (Å²) in [6, 6.07) is 9.49. The summed E-state index contributed by atoms with van der Waals surface area (Å²) in [6.45, 7) is 1.02. The van der Waals surface area contributed by atoms with Crippen LogP contribution in [0.1, 0.15) is 24.8 Å². The number of hydrogen-bond donors (Lipinski definition) is 2. The van der Waals surface area contributed by atoms with Crippen molar-refractivity contribution in [3.05, 3.63) is 36.0 Å². The second-order valence-electron chi connectivity index (χ2n) is 5.69. The molecule has 3 nitrogen and oxygen atoms in total. The van der Waals surface area contributed by atoms with Crippen LogP contribution in [0.15, 0.2) is 30.5 Å². The van der Waals surface area contributed by atoms with Gasteiger partial charge in [-0.2, -0.15) is 0 Å². The number of aryl methyl sites for hydroxylation is 1. The minimum absolute atomic E-state index is 0.354. The highest BCUT2D eigenvalue weighted by Gasteiger charge is 2.22. The van der Waals surface area contributed by atoms with E-state index in [0.717, 1.165) is 13.0 Å². The number of rotatable bonds is 4. The van der Waals surface area contributed by atoms with E-state index in [1.54, 1.807) is 0 Å². The van der Waals surface area contributed by atoms with E-state index in [-0.39, 0.29) is 0 Å². The molecule has 0 spiro atoms. The first-order chi connectivity index (χ1) is 9.25. The van der Waals surface area contributed by atoms with E-state index in [1.807, 2.05) is 0 Å². The van der Waals surface area contributed by atoms with Crippen LogP contribution in [-0.4, -0.2) is 23.2 Å². The fourth-order valence-electron chi connectivity index (χ4n) is 3.26. The van der Waals surface area contributed by atoms with Crippen molar-refractivity contribution in [2.24, 2.45) is 12.8 Å². The number of benzene rings is 1. The Kier molecular flexibility index (Phi) is 3.58. The molecular formula is C16H23N3. The molecule has 102 valence electrons. The van der Waals surface area contributed by atoms with E-state index >= 15 is 0 Å². The molecule has 0 bridgehead atoms. The Labute approximate surface area is 114 Å². The third-order valence-corrected chi connectivity index (χ3v) is 4.35. The van der Waals surface area contributed by atoms with Crippen molar-refractivity contribution in [1.82, 2.24) is 9.88 Å². The molecular weight excluding hydrogens is 234 g/mol. The molecule has 19 heavy (non-hydrogen) atoms. The summed E-state index contributed by atoms with van der Waals surface area (Å²) < 4.78 is 2.21. The molecule has 2 atom stereocenters. The molecule has 1 aromatic heterocycles. The Hall–Kier alpha value is -1.32. The van der Waals surface area contributed by atoms with Gasteiger partial charge in [-0.25, -0.2) is 0 Å². The number of hydrogen-bond acceptors (Lipinski definition) is 2. The van der Waals surface area contributed by atoms with Crippen molar-refractivity contribution in [3.8, 4) is 0 Å². The predicted molar refractivity (Wildman–Crippen MR) is 80.2 cm³/mol. The molecule has 1 saturated carbocycles. The minimum atomic E-state index is 0.354. The van der Waals surface area contributed by atoms with E-state index in [9.17, 15) is 0 Å². The zero-order valence-corrected chi connectivity index (χ0v) is 11.6. The number of nitrogens with two attached hydrogens (primary N) is 1. The predicted octanol–water partition coefficient (Wildman–Crippen LogP) is 2.19. The molecule has 1 aromatic carbocycles. The van der Waals surface area contributed by atoms with E-state index in [4.69, 9.17) is 5.73 Å². The van der Waals surface area contributed by atoms with Crippen molar-refractivity contribution >= 4 is 10.9 Å². The maximum atomic E-state index is 6.09. The van der Waals surface area contributed by atoms with Crippen LogP contribution < -0.4 is 11.1 Å². The molecule has 2 aromatic rings. The zero-order chi connectivity index (χ0) is 13.2. The van der Waals surface area contributed by atoms with Gasteiger partial charge in [-0.3, -0.25) is 0 Å². The molecule has 1 fully saturated rings. The minimum Gasteiger partial charge on any atom is -0.350 e. The molecule has 0 amide bonds. The van der Waals surface area contributed by atoms with Crippen LogP contribution in [0.2, 0.25) is 0 Å². The van der Waals surface area contributed by atoms with E-state index in [2.05, 4.69) is 47.4 Å². The van der Waals surface area contributed by atoms with Gasteiger partial charge >= 0.3 is 0 Å². The van der Waals surface area contributed by atoms with E-state index in [0.29, 0.717) is 12.1 Å². The average Bonchev–Trinajstić information content (AvgIpc) is 2.96. The van der Waals surface area contributed by atoms with Gasteiger partial charge in [-0.15, -0.1) is 0 Å². The Bertz CT molecular complexity index is 558. The van der Waals surface area contributed by atoms with E-state index < -0.39 is 0 Å². The van der Waals surface area contributed by atoms with Crippen LogP contribution in [0, 0.1) is 0 Å². The number of para-hydroxylation sites is 1. The maximum absolute atomic E-state index is 6.09. The van der Waals surface area contributed by atoms with Gasteiger partial charge < -0.3 is 15.6 Å². The highest BCUT2D eigenvalue weighted by atomic mass is 15.0. The monoisotopic (exact) mass is 257 g/mol. The summed E-state index contributed by atoms with van der Waals surface area (Å²) in [6.07, 6.45) is 7.00. The number of nitrogens with zero attached hydrogens (tertiary/aromatic N) is 1. The number of nitrogens with one attached hydrogen (secondary N) is 1. The molecule has 3 rings (SSSR count). The van der Waals surface area contributed by atoms with Crippen LogP contribution in [0.5, 0.6) is 0 Å². The SMILES string of the molecule is Cn1cc(CCNC2CCCC2N)c2ccccc21. The largest absolute Gasteiger partial charge is 0.350 e. The van der Waals surface area contributed by atoms with Crippen molar-refractivity contribution in [1.29, 1.82) is 0 Å². The van der Waals surface area contributed by atoms with Crippen molar-refractivity contribution in [2.45, 2.75) is 37.8 Å². The zero-order valence-electron chi connectivity index (χ0n) is 11.6. The van der Waals surface area contributed by atoms with Gasteiger partial charge in [0.15, 0.2) is 0 Å². The lowest BCUT2D eigenvalue weighted by molar-refractivity contribution is 0.479. The Morgan fingerprint density at radius 1 is 1.32 bits per heavy atom. The first-order valence-electron chi connectivity index (χ1n) is 7.27. The molecule has 3 heteroatoms. The first-order valence-corrected chi connectivity index (χ1v) is 7.27. The highest BCUT2D eigenvalue weighted by Crippen LogP contribution is 2.21. The lowest BCUT2D eigenvalue weighted by atomic mass is 10.1. The summed E-state index contributed by atoms with van der Waals surface area (Å²) in [7, 11) is 2.12. The van der Waals surface area contributed by atoms with E-state index in [1.165, 1.54) is 35.7 Å². The number of fused-ring (bicyclic) bond motifs is 1. The van der Waals surface area contributed by atoms with Crippen molar-refractivity contribution < 1.29 is 0 Å². The van der Waals surface area contributed by atoms with Gasteiger partial charge in [0.2, 0.25) is 0 Å². The van der Waals surface area contributed by atoms with Crippen LogP contribution >= 0.6 is 0 Å². The Morgan fingerprint density at radius 3 is 2.95 bits per heavy atom. The van der Waals surface area contributed by atoms with Crippen molar-refractivity contribution in [3.63, 3.8) is 0 Å². The van der Waals surface area contributed by atoms with Crippen LogP contribution in [0.3, 0.4) is 0 Å². The topological polar surface area (TPSA) is 43.0 Å². The third-order valence-electron chi connectivity index (χ3n) is 4.35. The van der Waals surface area contributed by atoms with Gasteiger partial charge in [0.05, 0.1) is 0 Å². The summed E-state index contributed by atoms with van der Waals surface area (Å²) in [5.41, 5.74) is 8.83. The standard InChI is InChI=1S/C16H23N3/c1-19-11-12(13-5-2-3-8-16(13)19)9-10-18-15-7-4-6-14(15)17/h2-3,5,8,11,14-15,18H,4,6-7,9-10,17H2,1H3. The summed E-state index contributed by atoms with van der Waals surface area (Å²) >= 11 is 0. The third kappa shape index (κ3) is 2.53. The molecule has 0 aliphatic heterocycles. The van der Waals surface area contributed by atoms with Gasteiger partial charge in [0, 0.05) is 36.2 Å². The van der Waals surface area contributed by atoms with Gasteiger partial charge in [-0.1, -0.05) is 24.6 Å². The highest BCUT2D eigenvalue weighted by molar-refractivity contribution is 5.83. The second-order valence-corrected chi connectivity index (χ2v) is 5.69. The van der Waals surface area contributed by atoms with Gasteiger partial charge in [0.25, 0.3) is 0 Å². The lowest BCUT2D eigenvalue weighted by Gasteiger charge is -2.16. The molecule has 2 unspecified atom stereocenters. The van der Waals surface area contributed by atoms with Crippen molar-refractivity contribution in [2.75, 3.05) is 6.54 Å². The summed E-state index contributed by atoms with van der Waals surface area (Å²) in [5.74, 6) is 0. The summed E-state index contributed by atoms with van der Waals surface area (Å²) in [4.78, 5) is 0. The Morgan fingerprint density at radius 2 is 2.16 bits per heavy atom. The molecule has 0 saturated heterocycles. The molecule has 1 aliphatic carbocycles. The van der Waals surface area contributed by atoms with Gasteiger partial charge in [-0.05, 0) is 37.4 Å². The number of aromatic nitrogens is 1. The molecule has 1 aliphatic rings. The Balaban J connectivity index is 1.65. The summed E-state index contributed by atoms with van der Waals surface area (Å²) in [5, 5.41) is 5.00. The second kappa shape index (κ2) is 5.35. The molecule has 0 radical (unpaired) electrons. The van der Waals surface area contributed by atoms with Crippen LogP contribution in [-0.2, 0) is 13.5 Å². The molecule has 1 heterocycles. The average molecular weight is 257 g/mol. The van der Waals surface area contributed by atoms with Gasteiger partial charge in [0.1, 0.15) is 0 Å². The maximum Gasteiger partial charge on any atom is 0.0480 e. The first kappa shape index (κ1) is 12.7. The van der Waals surface area contributed by atoms with Crippen LogP contribution in [0.25, 0.3) is 10.9 Å². The van der Waals surface area contributed by atoms with Crippen LogP contribution in [0.4, 0.5) is 0 Å². The fourth-order valence-corrected chi connectivity index (χ4v) is 3.26. The smallest absolute Gasteiger partial charge is 0.0480 e.